The molecule has 338 valence electrons. The number of carbonyl (C=O) groups excluding carboxylic acids is 1. The lowest BCUT2D eigenvalue weighted by Crippen LogP contribution is -2.60. The lowest BCUT2D eigenvalue weighted by atomic mass is 9.98. The number of hydrogen-bond acceptors (Lipinski definition) is 24. The van der Waals surface area contributed by atoms with Crippen molar-refractivity contribution >= 4 is 18.0 Å². The van der Waals surface area contributed by atoms with E-state index >= 15 is 0 Å². The number of benzene rings is 2. The van der Waals surface area contributed by atoms with Crippen molar-refractivity contribution in [1.29, 1.82) is 0 Å². The number of aliphatic carboxylic acids is 1. The van der Waals surface area contributed by atoms with Crippen LogP contribution in [0.25, 0.3) is 6.08 Å². The molecular formula is C36H44O25. The van der Waals surface area contributed by atoms with Crippen LogP contribution in [0.3, 0.4) is 0 Å². The number of carbonyl (C=O) groups is 2. The molecule has 4 aliphatic heterocycles. The molecule has 3 fully saturated rings. The summed E-state index contributed by atoms with van der Waals surface area (Å²) in [6.45, 7) is -2.60. The molecule has 2 aromatic carbocycles. The topological polar surface area (TPSA) is 411 Å². The second-order valence-electron chi connectivity index (χ2n) is 14.3. The molecule has 16 atom stereocenters. The Morgan fingerprint density at radius 1 is 0.607 bits per heavy atom. The normalized spacial score (nSPS) is 36.1. The molecule has 25 nitrogen and oxygen atoms in total. The summed E-state index contributed by atoms with van der Waals surface area (Å²) in [5, 5.41) is 156. The van der Waals surface area contributed by atoms with E-state index in [1.807, 2.05) is 0 Å². The van der Waals surface area contributed by atoms with E-state index in [0.29, 0.717) is 0 Å². The SMILES string of the molecule is O=C(O)CC(=O)OCC1OC(OC2=Cc3c(O)cc(O)cc3OC2c2cc(OC3OC(CO)C(O)C(O)C3O)c(O)c(OC3OC(CO)C(O)C(O)C3O)c2)C(O)C(O)C1O. The minimum Gasteiger partial charge on any atom is -0.508 e. The maximum absolute atomic E-state index is 11.9. The third-order valence-corrected chi connectivity index (χ3v) is 10.1. The van der Waals surface area contributed by atoms with E-state index in [9.17, 15) is 81.1 Å². The van der Waals surface area contributed by atoms with Crippen molar-refractivity contribution in [2.75, 3.05) is 19.8 Å². The van der Waals surface area contributed by atoms with Crippen LogP contribution in [0.5, 0.6) is 34.5 Å². The Morgan fingerprint density at radius 2 is 1.08 bits per heavy atom. The van der Waals surface area contributed by atoms with Gasteiger partial charge < -0.3 is 114 Å². The maximum atomic E-state index is 11.9. The van der Waals surface area contributed by atoms with Crippen molar-refractivity contribution in [3.8, 4) is 34.5 Å². The quantitative estimate of drug-likeness (QED) is 0.0659. The van der Waals surface area contributed by atoms with Crippen LogP contribution in [0, 0.1) is 0 Å². The van der Waals surface area contributed by atoms with E-state index < -0.39 is 171 Å². The molecule has 4 heterocycles. The lowest BCUT2D eigenvalue weighted by Gasteiger charge is -2.41. The highest BCUT2D eigenvalue weighted by Crippen LogP contribution is 2.48. The second-order valence-corrected chi connectivity index (χ2v) is 14.3. The first kappa shape index (κ1) is 45.7. The third-order valence-electron chi connectivity index (χ3n) is 10.1. The van der Waals surface area contributed by atoms with Gasteiger partial charge in [-0.05, 0) is 18.2 Å². The van der Waals surface area contributed by atoms with E-state index in [2.05, 4.69) is 0 Å². The van der Waals surface area contributed by atoms with Gasteiger partial charge in [-0.2, -0.15) is 0 Å². The first-order valence-electron chi connectivity index (χ1n) is 18.3. The molecule has 4 aliphatic rings. The molecule has 61 heavy (non-hydrogen) atoms. The number of fused-ring (bicyclic) bond motifs is 1. The number of aromatic hydroxyl groups is 3. The fraction of sp³-hybridized carbons (Fsp3) is 0.556. The van der Waals surface area contributed by atoms with Gasteiger partial charge >= 0.3 is 11.9 Å². The van der Waals surface area contributed by atoms with Crippen LogP contribution in [0.1, 0.15) is 23.7 Å². The zero-order chi connectivity index (χ0) is 44.6. The van der Waals surface area contributed by atoms with Crippen LogP contribution < -0.4 is 14.2 Å². The molecule has 0 aliphatic carbocycles. The third kappa shape index (κ3) is 9.49. The van der Waals surface area contributed by atoms with Crippen molar-refractivity contribution in [2.45, 2.75) is 105 Å². The molecular weight excluding hydrogens is 832 g/mol. The largest absolute Gasteiger partial charge is 0.508 e. The number of phenols is 3. The van der Waals surface area contributed by atoms with Crippen molar-refractivity contribution in [1.82, 2.24) is 0 Å². The zero-order valence-electron chi connectivity index (χ0n) is 31.2. The van der Waals surface area contributed by atoms with Gasteiger partial charge in [0.25, 0.3) is 0 Å². The summed E-state index contributed by atoms with van der Waals surface area (Å²) in [6.07, 6.45) is -29.9. The summed E-state index contributed by atoms with van der Waals surface area (Å²) in [5.74, 6) is -6.91. The summed E-state index contributed by atoms with van der Waals surface area (Å²) in [4.78, 5) is 22.8. The Hall–Kier alpha value is -4.84. The molecule has 0 radical (unpaired) electrons. The number of carboxylic acids is 1. The highest BCUT2D eigenvalue weighted by molar-refractivity contribution is 5.90. The minimum absolute atomic E-state index is 0.150. The van der Waals surface area contributed by atoms with Gasteiger partial charge in [0, 0.05) is 17.7 Å². The number of carboxylic acid groups (broad SMARTS) is 1. The smallest absolute Gasteiger partial charge is 0.317 e. The summed E-state index contributed by atoms with van der Waals surface area (Å²) < 4.78 is 44.8. The average molecular weight is 877 g/mol. The summed E-state index contributed by atoms with van der Waals surface area (Å²) >= 11 is 0. The maximum Gasteiger partial charge on any atom is 0.317 e. The molecule has 2 aromatic rings. The van der Waals surface area contributed by atoms with Crippen molar-refractivity contribution in [2.24, 2.45) is 0 Å². The average Bonchev–Trinajstić information content (AvgIpc) is 3.21. The number of hydrogen-bond donors (Lipinski definition) is 15. The molecule has 6 rings (SSSR count). The standard InChI is InChI=1S/C36H44O25/c37-7-18-24(45)27(48)30(51)34(59-18)56-15-1-10(2-16(23(15)44)57-35-31(52)28(49)25(46)19(8-38)60-35)33-17(5-12-13(40)3-11(39)4-14(12)55-33)58-36-32(53)29(50)26(47)20(61-36)9-54-22(43)6-21(41)42/h1-5,18-20,24-40,44-53H,6-9H2,(H,41,42). The van der Waals surface area contributed by atoms with Gasteiger partial charge in [0.1, 0.15) is 109 Å². The summed E-state index contributed by atoms with van der Waals surface area (Å²) in [5.41, 5.74) is -0.384. The second kappa shape index (κ2) is 18.6. The van der Waals surface area contributed by atoms with Crippen LogP contribution in [-0.2, 0) is 33.3 Å². The monoisotopic (exact) mass is 876 g/mol. The fourth-order valence-electron chi connectivity index (χ4n) is 6.72. The Morgan fingerprint density at radius 3 is 1.57 bits per heavy atom. The van der Waals surface area contributed by atoms with Crippen molar-refractivity contribution < 1.29 is 124 Å². The highest BCUT2D eigenvalue weighted by atomic mass is 16.7. The van der Waals surface area contributed by atoms with E-state index in [-0.39, 0.29) is 16.9 Å². The molecule has 0 bridgehead atoms. The molecule has 0 spiro atoms. The Bertz CT molecular complexity index is 1860. The zero-order valence-corrected chi connectivity index (χ0v) is 31.2. The van der Waals surface area contributed by atoms with Gasteiger partial charge in [-0.1, -0.05) is 0 Å². The van der Waals surface area contributed by atoms with Crippen LogP contribution in [0.15, 0.2) is 30.0 Å². The summed E-state index contributed by atoms with van der Waals surface area (Å²) in [7, 11) is 0. The van der Waals surface area contributed by atoms with Gasteiger partial charge in [-0.3, -0.25) is 9.59 Å². The summed E-state index contributed by atoms with van der Waals surface area (Å²) in [6, 6.07) is 3.96. The lowest BCUT2D eigenvalue weighted by molar-refractivity contribution is -0.294. The first-order valence-corrected chi connectivity index (χ1v) is 18.3. The number of phenolic OH excluding ortho intramolecular Hbond substituents is 3. The number of aliphatic hydroxyl groups is 11. The Balaban J connectivity index is 1.41. The van der Waals surface area contributed by atoms with E-state index in [0.717, 1.165) is 30.3 Å². The van der Waals surface area contributed by atoms with Crippen molar-refractivity contribution in [3.05, 3.63) is 41.2 Å². The van der Waals surface area contributed by atoms with E-state index in [1.54, 1.807) is 0 Å². The Kier molecular flexibility index (Phi) is 14.0. The van der Waals surface area contributed by atoms with Crippen LogP contribution in [0.4, 0.5) is 0 Å². The number of esters is 1. The van der Waals surface area contributed by atoms with Gasteiger partial charge in [-0.25, -0.2) is 0 Å². The fourth-order valence-corrected chi connectivity index (χ4v) is 6.72. The van der Waals surface area contributed by atoms with E-state index in [1.165, 1.54) is 0 Å². The predicted octanol–water partition coefficient (Wildman–Crippen LogP) is -5.52. The van der Waals surface area contributed by atoms with Gasteiger partial charge in [0.2, 0.25) is 24.6 Å². The highest BCUT2D eigenvalue weighted by Gasteiger charge is 2.49. The van der Waals surface area contributed by atoms with Crippen LogP contribution in [-0.4, -0.2) is 200 Å². The molecule has 0 aromatic heterocycles. The van der Waals surface area contributed by atoms with Crippen LogP contribution in [0.2, 0.25) is 0 Å². The molecule has 3 saturated heterocycles. The van der Waals surface area contributed by atoms with Gasteiger partial charge in [0.15, 0.2) is 17.6 Å². The number of aliphatic hydroxyl groups excluding tert-OH is 11. The molecule has 25 heteroatoms. The number of rotatable bonds is 13. The first-order chi connectivity index (χ1) is 28.8. The number of ether oxygens (including phenoxy) is 8. The van der Waals surface area contributed by atoms with Gasteiger partial charge in [0.05, 0.1) is 18.8 Å². The molecule has 0 amide bonds. The Labute approximate surface area is 342 Å². The van der Waals surface area contributed by atoms with Crippen molar-refractivity contribution in [3.63, 3.8) is 0 Å². The van der Waals surface area contributed by atoms with E-state index in [4.69, 9.17) is 43.0 Å². The minimum atomic E-state index is -2.08. The molecule has 16 unspecified atom stereocenters. The predicted molar refractivity (Wildman–Crippen MR) is 189 cm³/mol. The molecule has 0 saturated carbocycles. The molecule has 15 N–H and O–H groups in total. The van der Waals surface area contributed by atoms with Gasteiger partial charge in [-0.15, -0.1) is 0 Å². The van der Waals surface area contributed by atoms with Crippen LogP contribution >= 0.6 is 0 Å².